The van der Waals surface area contributed by atoms with Crippen molar-refractivity contribution in [2.45, 2.75) is 25.1 Å². The Bertz CT molecular complexity index is 1200. The maximum atomic E-state index is 12.8. The number of aryl methyl sites for hydroxylation is 1. The first-order chi connectivity index (χ1) is 15.1. The zero-order valence-electron chi connectivity index (χ0n) is 16.9. The number of amides is 3. The minimum Gasteiger partial charge on any atom is -0.337 e. The number of likely N-dealkylation sites (tertiary alicyclic amines) is 1. The number of fused-ring (bicyclic) bond motifs is 1. The molecule has 1 saturated carbocycles. The maximum absolute atomic E-state index is 12.8. The number of rotatable bonds is 3. The number of aromatic nitrogens is 5. The van der Waals surface area contributed by atoms with Crippen molar-refractivity contribution in [3.63, 3.8) is 0 Å². The van der Waals surface area contributed by atoms with Crippen LogP contribution >= 0.6 is 0 Å². The highest BCUT2D eigenvalue weighted by Crippen LogP contribution is 2.48. The van der Waals surface area contributed by atoms with Crippen molar-refractivity contribution in [3.05, 3.63) is 42.2 Å². The standard InChI is InChI=1S/C19H19F3N8O2/c1-28-2-3-30-15(28)12(7-25-30)16(31)29-8-18(9-29)5-11(6-18)26-17(32)27-14-4-13(19(20,21)22)23-10-24-14/h2-4,7,10-11H,5-6,8-9H2,1H3,(H2,23,24,26,27,32). The third-order valence-electron chi connectivity index (χ3n) is 6.00. The number of carbonyl (C=O) groups is 2. The van der Waals surface area contributed by atoms with E-state index < -0.39 is 17.9 Å². The van der Waals surface area contributed by atoms with Crippen LogP contribution in [0.1, 0.15) is 28.9 Å². The molecule has 13 heteroatoms. The number of hydrogen-bond acceptors (Lipinski definition) is 5. The summed E-state index contributed by atoms with van der Waals surface area (Å²) in [7, 11) is 1.85. The van der Waals surface area contributed by atoms with Crippen molar-refractivity contribution in [2.75, 3.05) is 18.4 Å². The van der Waals surface area contributed by atoms with Gasteiger partial charge in [0.2, 0.25) is 0 Å². The normalized spacial score (nSPS) is 17.8. The van der Waals surface area contributed by atoms with Crippen molar-refractivity contribution in [2.24, 2.45) is 12.5 Å². The summed E-state index contributed by atoms with van der Waals surface area (Å²) in [5.74, 6) is -0.307. The SMILES string of the molecule is Cn1ccn2ncc(C(=O)N3CC4(CC(NC(=O)Nc5cc(C(F)(F)F)ncn5)C4)C3)c12. The summed E-state index contributed by atoms with van der Waals surface area (Å²) in [4.78, 5) is 33.5. The van der Waals surface area contributed by atoms with Crippen LogP contribution in [0.4, 0.5) is 23.8 Å². The molecule has 2 fully saturated rings. The van der Waals surface area contributed by atoms with Crippen LogP contribution in [0.25, 0.3) is 5.65 Å². The lowest BCUT2D eigenvalue weighted by molar-refractivity contribution is -0.141. The van der Waals surface area contributed by atoms with Crippen molar-refractivity contribution < 1.29 is 22.8 Å². The Morgan fingerprint density at radius 2 is 1.94 bits per heavy atom. The molecule has 1 aliphatic carbocycles. The Hall–Kier alpha value is -3.64. The Kier molecular flexibility index (Phi) is 4.39. The van der Waals surface area contributed by atoms with Crippen molar-refractivity contribution >= 4 is 23.4 Å². The Labute approximate surface area is 179 Å². The molecule has 0 bridgehead atoms. The van der Waals surface area contributed by atoms with Crippen molar-refractivity contribution in [1.29, 1.82) is 0 Å². The first-order valence-electron chi connectivity index (χ1n) is 9.88. The molecule has 3 aromatic heterocycles. The minimum atomic E-state index is -4.62. The zero-order chi connectivity index (χ0) is 22.7. The van der Waals surface area contributed by atoms with E-state index in [9.17, 15) is 22.8 Å². The molecule has 0 aromatic carbocycles. The Balaban J connectivity index is 1.12. The van der Waals surface area contributed by atoms with Crippen molar-refractivity contribution in [3.8, 4) is 0 Å². The topological polar surface area (TPSA) is 109 Å². The van der Waals surface area contributed by atoms with Gasteiger partial charge in [-0.3, -0.25) is 10.1 Å². The quantitative estimate of drug-likeness (QED) is 0.636. The highest BCUT2D eigenvalue weighted by molar-refractivity contribution is 6.00. The van der Waals surface area contributed by atoms with Gasteiger partial charge in [-0.15, -0.1) is 0 Å². The number of imidazole rings is 1. The number of urea groups is 1. The van der Waals surface area contributed by atoms with E-state index in [1.54, 1.807) is 21.8 Å². The third kappa shape index (κ3) is 3.42. The maximum Gasteiger partial charge on any atom is 0.433 e. The van der Waals surface area contributed by atoms with Gasteiger partial charge in [0.25, 0.3) is 5.91 Å². The molecular weight excluding hydrogens is 429 g/mol. The number of halogens is 3. The number of nitrogens with zero attached hydrogens (tertiary/aromatic N) is 6. The molecule has 2 aliphatic rings. The summed E-state index contributed by atoms with van der Waals surface area (Å²) in [6, 6.07) is -0.0701. The van der Waals surface area contributed by atoms with Gasteiger partial charge in [0, 0.05) is 50.1 Å². The number of nitrogens with one attached hydrogen (secondary N) is 2. The van der Waals surface area contributed by atoms with E-state index in [1.165, 1.54) is 0 Å². The van der Waals surface area contributed by atoms with E-state index in [0.29, 0.717) is 37.6 Å². The van der Waals surface area contributed by atoms with Gasteiger partial charge >= 0.3 is 12.2 Å². The molecule has 0 radical (unpaired) electrons. The fourth-order valence-corrected chi connectivity index (χ4v) is 4.54. The first-order valence-corrected chi connectivity index (χ1v) is 9.88. The van der Waals surface area contributed by atoms with Crippen LogP contribution in [-0.4, -0.2) is 60.1 Å². The second kappa shape index (κ2) is 6.93. The molecule has 168 valence electrons. The molecule has 4 heterocycles. The molecule has 0 unspecified atom stereocenters. The van der Waals surface area contributed by atoms with Crippen LogP contribution in [0.2, 0.25) is 0 Å². The second-order valence-corrected chi connectivity index (χ2v) is 8.39. The highest BCUT2D eigenvalue weighted by atomic mass is 19.4. The molecule has 3 aromatic rings. The molecule has 1 aliphatic heterocycles. The lowest BCUT2D eigenvalue weighted by Gasteiger charge is -2.58. The zero-order valence-corrected chi connectivity index (χ0v) is 16.9. The lowest BCUT2D eigenvalue weighted by Crippen LogP contribution is -2.67. The van der Waals surface area contributed by atoms with Gasteiger partial charge in [-0.25, -0.2) is 19.3 Å². The average Bonchev–Trinajstić information content (AvgIpc) is 3.25. The predicted molar refractivity (Wildman–Crippen MR) is 105 cm³/mol. The smallest absolute Gasteiger partial charge is 0.337 e. The van der Waals surface area contributed by atoms with Gasteiger partial charge in [-0.1, -0.05) is 0 Å². The fraction of sp³-hybridized carbons (Fsp3) is 0.421. The van der Waals surface area contributed by atoms with E-state index in [1.807, 2.05) is 17.8 Å². The van der Waals surface area contributed by atoms with Crippen LogP contribution in [0, 0.1) is 5.41 Å². The lowest BCUT2D eigenvalue weighted by atomic mass is 9.60. The average molecular weight is 448 g/mol. The van der Waals surface area contributed by atoms with Crippen LogP contribution in [0.15, 0.2) is 31.0 Å². The molecule has 5 rings (SSSR count). The van der Waals surface area contributed by atoms with E-state index in [2.05, 4.69) is 25.7 Å². The summed E-state index contributed by atoms with van der Waals surface area (Å²) in [5.41, 5.74) is 0.116. The monoisotopic (exact) mass is 448 g/mol. The number of carbonyl (C=O) groups excluding carboxylic acids is 2. The number of anilines is 1. The molecule has 0 atom stereocenters. The van der Waals surface area contributed by atoms with Gasteiger partial charge in [0.15, 0.2) is 0 Å². The number of hydrogen-bond donors (Lipinski definition) is 2. The molecule has 3 amide bonds. The fourth-order valence-electron chi connectivity index (χ4n) is 4.54. The highest BCUT2D eigenvalue weighted by Gasteiger charge is 2.54. The molecule has 2 N–H and O–H groups in total. The van der Waals surface area contributed by atoms with Crippen LogP contribution in [0.3, 0.4) is 0 Å². The summed E-state index contributed by atoms with van der Waals surface area (Å²) in [6.45, 7) is 1.18. The molecular formula is C19H19F3N8O2. The molecule has 10 nitrogen and oxygen atoms in total. The Morgan fingerprint density at radius 3 is 2.66 bits per heavy atom. The predicted octanol–water partition coefficient (Wildman–Crippen LogP) is 1.91. The largest absolute Gasteiger partial charge is 0.433 e. The van der Waals surface area contributed by atoms with Gasteiger partial charge in [-0.05, 0) is 12.8 Å². The van der Waals surface area contributed by atoms with Crippen molar-refractivity contribution in [1.82, 2.24) is 34.4 Å². The molecule has 32 heavy (non-hydrogen) atoms. The molecule has 1 spiro atoms. The van der Waals surface area contributed by atoms with E-state index in [4.69, 9.17) is 0 Å². The van der Waals surface area contributed by atoms with E-state index >= 15 is 0 Å². The summed E-state index contributed by atoms with van der Waals surface area (Å²) in [5, 5.41) is 9.23. The van der Waals surface area contributed by atoms with Crippen LogP contribution in [0.5, 0.6) is 0 Å². The van der Waals surface area contributed by atoms with E-state index in [0.717, 1.165) is 12.0 Å². The minimum absolute atomic E-state index is 0.0353. The second-order valence-electron chi connectivity index (χ2n) is 8.39. The Morgan fingerprint density at radius 1 is 1.19 bits per heavy atom. The van der Waals surface area contributed by atoms with Gasteiger partial charge in [-0.2, -0.15) is 18.3 Å². The third-order valence-corrected chi connectivity index (χ3v) is 6.00. The van der Waals surface area contributed by atoms with Gasteiger partial charge < -0.3 is 14.8 Å². The van der Waals surface area contributed by atoms with Gasteiger partial charge in [0.05, 0.1) is 6.20 Å². The number of alkyl halides is 3. The summed E-state index contributed by atoms with van der Waals surface area (Å²) < 4.78 is 41.6. The molecule has 1 saturated heterocycles. The summed E-state index contributed by atoms with van der Waals surface area (Å²) >= 11 is 0. The van der Waals surface area contributed by atoms with Crippen LogP contribution < -0.4 is 10.6 Å². The van der Waals surface area contributed by atoms with E-state index in [-0.39, 0.29) is 23.2 Å². The summed E-state index contributed by atoms with van der Waals surface area (Å²) in [6.07, 6.45) is 2.69. The van der Waals surface area contributed by atoms with Crippen LogP contribution in [-0.2, 0) is 13.2 Å². The first kappa shape index (κ1) is 20.3. The van der Waals surface area contributed by atoms with Gasteiger partial charge in [0.1, 0.15) is 29.0 Å².